The molecule has 0 bridgehead atoms. The van der Waals surface area contributed by atoms with Crippen molar-refractivity contribution < 1.29 is 9.90 Å². The van der Waals surface area contributed by atoms with E-state index in [4.69, 9.17) is 17.2 Å². The molecule has 174 valence electrons. The number of halogens is 1. The van der Waals surface area contributed by atoms with Crippen LogP contribution in [-0.2, 0) is 4.79 Å². The standard InChI is InChI=1S/C25H23BrN4O3S/c1-3-29(15(2)31)13-12-19-18-6-4-5-7-21(18)27-22(19)14-20-23(32)28-25(34)30(24(20)33)17-10-8-16(26)9-11-17/h4-11,14,33H,3,12-13H2,1-2H3,(H,28,32,34)/b22-14-. The molecular formula is C25H23BrN4O3S. The second kappa shape index (κ2) is 9.90. The number of aromatic nitrogens is 2. The number of carbonyl (C=O) groups is 1. The molecule has 1 amide bonds. The molecule has 1 aliphatic rings. The number of fused-ring (bicyclic) bond motifs is 1. The fraction of sp³-hybridized carbons (Fsp3) is 0.200. The van der Waals surface area contributed by atoms with Crippen LogP contribution in [0.3, 0.4) is 0 Å². The molecule has 2 aromatic carbocycles. The summed E-state index contributed by atoms with van der Waals surface area (Å²) in [5.41, 5.74) is 1.64. The monoisotopic (exact) mass is 538 g/mol. The van der Waals surface area contributed by atoms with Gasteiger partial charge in [-0.25, -0.2) is 4.99 Å². The number of H-pyrrole nitrogens is 1. The third-order valence-corrected chi connectivity index (χ3v) is 6.54. The van der Waals surface area contributed by atoms with Gasteiger partial charge in [0.2, 0.25) is 11.8 Å². The molecule has 0 saturated heterocycles. The summed E-state index contributed by atoms with van der Waals surface area (Å²) in [7, 11) is 0. The van der Waals surface area contributed by atoms with Crippen LogP contribution in [0.25, 0.3) is 17.3 Å². The van der Waals surface area contributed by atoms with Gasteiger partial charge in [0, 0.05) is 29.7 Å². The van der Waals surface area contributed by atoms with Gasteiger partial charge in [-0.3, -0.25) is 19.1 Å². The summed E-state index contributed by atoms with van der Waals surface area (Å²) in [5, 5.41) is 12.8. The molecule has 2 N–H and O–H groups in total. The Morgan fingerprint density at radius 3 is 2.62 bits per heavy atom. The lowest BCUT2D eigenvalue weighted by Crippen LogP contribution is -2.30. The quantitative estimate of drug-likeness (QED) is 0.470. The Morgan fingerprint density at radius 1 is 1.24 bits per heavy atom. The number of aromatic hydroxyl groups is 1. The molecule has 9 heteroatoms. The van der Waals surface area contributed by atoms with Crippen LogP contribution >= 0.6 is 28.1 Å². The minimum Gasteiger partial charge on any atom is -0.494 e. The summed E-state index contributed by atoms with van der Waals surface area (Å²) in [5.74, 6) is -0.268. The SMILES string of the molecule is CCN(CCC1=c2ccccc2=N/C1=C\c1c(O)n(-c2ccc(Br)cc2)c(=S)[nH]c1=O)C(C)=O. The number of amides is 1. The smallest absolute Gasteiger partial charge is 0.262 e. The van der Waals surface area contributed by atoms with E-state index in [2.05, 4.69) is 20.9 Å². The van der Waals surface area contributed by atoms with E-state index in [-0.39, 0.29) is 22.1 Å². The Kier molecular flexibility index (Phi) is 6.95. The van der Waals surface area contributed by atoms with Gasteiger partial charge in [-0.2, -0.15) is 0 Å². The predicted molar refractivity (Wildman–Crippen MR) is 138 cm³/mol. The van der Waals surface area contributed by atoms with Crippen molar-refractivity contribution >= 4 is 45.7 Å². The van der Waals surface area contributed by atoms with Crippen molar-refractivity contribution in [1.29, 1.82) is 0 Å². The number of allylic oxidation sites excluding steroid dienone is 1. The van der Waals surface area contributed by atoms with Crippen LogP contribution in [0.15, 0.2) is 68.5 Å². The lowest BCUT2D eigenvalue weighted by Gasteiger charge is -2.19. The molecular weight excluding hydrogens is 516 g/mol. The molecule has 0 spiro atoms. The van der Waals surface area contributed by atoms with Crippen molar-refractivity contribution in [3.8, 4) is 11.6 Å². The van der Waals surface area contributed by atoms with Gasteiger partial charge in [0.15, 0.2) is 4.77 Å². The largest absolute Gasteiger partial charge is 0.494 e. The first-order valence-electron chi connectivity index (χ1n) is 10.8. The fourth-order valence-corrected chi connectivity index (χ4v) is 4.51. The topological polar surface area (TPSA) is 90.7 Å². The van der Waals surface area contributed by atoms with E-state index < -0.39 is 5.56 Å². The number of rotatable bonds is 6. The number of aromatic amines is 1. The average molecular weight is 539 g/mol. The maximum atomic E-state index is 12.8. The van der Waals surface area contributed by atoms with E-state index in [0.29, 0.717) is 30.9 Å². The molecule has 4 rings (SSSR count). The summed E-state index contributed by atoms with van der Waals surface area (Å²) in [6, 6.07) is 14.9. The Morgan fingerprint density at radius 2 is 1.94 bits per heavy atom. The lowest BCUT2D eigenvalue weighted by atomic mass is 10.1. The maximum absolute atomic E-state index is 12.8. The number of nitrogens with one attached hydrogen (secondary N) is 1. The van der Waals surface area contributed by atoms with Crippen molar-refractivity contribution in [2.75, 3.05) is 13.1 Å². The molecule has 2 heterocycles. The molecule has 34 heavy (non-hydrogen) atoms. The number of carbonyl (C=O) groups excluding carboxylic acids is 1. The molecule has 0 saturated carbocycles. The summed E-state index contributed by atoms with van der Waals surface area (Å²) in [6.07, 6.45) is 2.14. The highest BCUT2D eigenvalue weighted by Crippen LogP contribution is 2.26. The van der Waals surface area contributed by atoms with Gasteiger partial charge in [-0.1, -0.05) is 34.1 Å². The van der Waals surface area contributed by atoms with Gasteiger partial charge >= 0.3 is 0 Å². The van der Waals surface area contributed by atoms with Gasteiger partial charge in [-0.15, -0.1) is 0 Å². The van der Waals surface area contributed by atoms with Crippen LogP contribution in [0.2, 0.25) is 0 Å². The number of benzene rings is 2. The van der Waals surface area contributed by atoms with E-state index in [1.54, 1.807) is 30.0 Å². The highest BCUT2D eigenvalue weighted by molar-refractivity contribution is 9.10. The minimum atomic E-state index is -0.507. The van der Waals surface area contributed by atoms with Crippen molar-refractivity contribution in [1.82, 2.24) is 14.5 Å². The molecule has 0 radical (unpaired) electrons. The Balaban J connectivity index is 1.84. The van der Waals surface area contributed by atoms with E-state index >= 15 is 0 Å². The zero-order valence-corrected chi connectivity index (χ0v) is 21.1. The van der Waals surface area contributed by atoms with E-state index in [1.165, 1.54) is 4.57 Å². The van der Waals surface area contributed by atoms with E-state index in [9.17, 15) is 14.7 Å². The molecule has 1 aromatic heterocycles. The zero-order valence-electron chi connectivity index (χ0n) is 18.7. The number of hydrogen-bond acceptors (Lipinski definition) is 5. The van der Waals surface area contributed by atoms with Crippen LogP contribution in [-0.4, -0.2) is 38.6 Å². The number of para-hydroxylation sites is 1. The highest BCUT2D eigenvalue weighted by atomic mass is 79.9. The maximum Gasteiger partial charge on any atom is 0.262 e. The van der Waals surface area contributed by atoms with Crippen molar-refractivity contribution in [3.63, 3.8) is 0 Å². The molecule has 0 atom stereocenters. The average Bonchev–Trinajstić information content (AvgIpc) is 3.15. The van der Waals surface area contributed by atoms with Gasteiger partial charge < -0.3 is 10.0 Å². The molecule has 3 aromatic rings. The highest BCUT2D eigenvalue weighted by Gasteiger charge is 2.19. The second-order valence-electron chi connectivity index (χ2n) is 7.79. The van der Waals surface area contributed by atoms with Crippen LogP contribution in [0, 0.1) is 4.77 Å². The van der Waals surface area contributed by atoms with Gasteiger partial charge in [0.05, 0.1) is 16.7 Å². The third kappa shape index (κ3) is 4.67. The van der Waals surface area contributed by atoms with Gasteiger partial charge in [0.25, 0.3) is 5.56 Å². The fourth-order valence-electron chi connectivity index (χ4n) is 3.96. The van der Waals surface area contributed by atoms with Crippen molar-refractivity contribution in [2.45, 2.75) is 20.3 Å². The van der Waals surface area contributed by atoms with Crippen LogP contribution in [0.4, 0.5) is 0 Å². The summed E-state index contributed by atoms with van der Waals surface area (Å²) < 4.78 is 2.37. The Labute approximate surface area is 209 Å². The number of nitrogens with zero attached hydrogens (tertiary/aromatic N) is 3. The van der Waals surface area contributed by atoms with E-state index in [0.717, 1.165) is 20.6 Å². The van der Waals surface area contributed by atoms with Crippen LogP contribution in [0.5, 0.6) is 5.88 Å². The van der Waals surface area contributed by atoms with Gasteiger partial charge in [0.1, 0.15) is 5.56 Å². The van der Waals surface area contributed by atoms with E-state index in [1.807, 2.05) is 43.3 Å². The first kappa shape index (κ1) is 23.8. The summed E-state index contributed by atoms with van der Waals surface area (Å²) in [6.45, 7) is 4.61. The molecule has 0 aliphatic carbocycles. The number of hydrogen-bond donors (Lipinski definition) is 2. The van der Waals surface area contributed by atoms with Crippen LogP contribution in [0.1, 0.15) is 25.8 Å². The molecule has 0 unspecified atom stereocenters. The zero-order chi connectivity index (χ0) is 24.4. The Hall–Kier alpha value is -3.30. The predicted octanol–water partition coefficient (Wildman–Crippen LogP) is 3.45. The summed E-state index contributed by atoms with van der Waals surface area (Å²) in [4.78, 5) is 33.8. The second-order valence-corrected chi connectivity index (χ2v) is 9.10. The van der Waals surface area contributed by atoms with Crippen molar-refractivity contribution in [3.05, 3.63) is 90.0 Å². The lowest BCUT2D eigenvalue weighted by molar-refractivity contribution is -0.128. The molecule has 1 aliphatic heterocycles. The molecule has 0 fully saturated rings. The Bertz CT molecular complexity index is 1540. The van der Waals surface area contributed by atoms with Crippen LogP contribution < -0.4 is 16.1 Å². The normalized spacial score (nSPS) is 13.6. The molecule has 7 nitrogen and oxygen atoms in total. The van der Waals surface area contributed by atoms with Gasteiger partial charge in [-0.05, 0) is 67.5 Å². The third-order valence-electron chi connectivity index (χ3n) is 5.72. The summed E-state index contributed by atoms with van der Waals surface area (Å²) >= 11 is 8.72. The van der Waals surface area contributed by atoms with Crippen molar-refractivity contribution in [2.24, 2.45) is 4.99 Å². The first-order chi connectivity index (χ1) is 16.3. The minimum absolute atomic E-state index is 0.00233. The first-order valence-corrected chi connectivity index (χ1v) is 12.0.